The molecule has 1 saturated heterocycles. The third-order valence-electron chi connectivity index (χ3n) is 3.67. The van der Waals surface area contributed by atoms with Gasteiger partial charge in [-0.3, -0.25) is 0 Å². The highest BCUT2D eigenvalue weighted by atomic mass is 32.2. The maximum Gasteiger partial charge on any atom is 0.240 e. The Bertz CT molecular complexity index is 693. The Balaban J connectivity index is 2.06. The molecule has 0 aromatic heterocycles. The molecule has 22 heavy (non-hydrogen) atoms. The minimum Gasteiger partial charge on any atom is -0.316 e. The molecule has 1 heterocycles. The van der Waals surface area contributed by atoms with Gasteiger partial charge in [-0.25, -0.2) is 26.3 Å². The summed E-state index contributed by atoms with van der Waals surface area (Å²) < 4.78 is 52.4. The van der Waals surface area contributed by atoms with Crippen molar-refractivity contribution in [1.82, 2.24) is 14.8 Å². The van der Waals surface area contributed by atoms with E-state index in [0.29, 0.717) is 6.54 Å². The SMILES string of the molecule is CNS(=O)(=O)c1ccc(S(=O)(=O)NCC2CCCNC2)cc1. The van der Waals surface area contributed by atoms with Crippen molar-refractivity contribution in [2.24, 2.45) is 5.92 Å². The highest BCUT2D eigenvalue weighted by molar-refractivity contribution is 7.90. The van der Waals surface area contributed by atoms with Gasteiger partial charge in [0.1, 0.15) is 0 Å². The number of hydrogen-bond acceptors (Lipinski definition) is 5. The number of hydrogen-bond donors (Lipinski definition) is 3. The molecule has 0 spiro atoms. The van der Waals surface area contributed by atoms with E-state index in [-0.39, 0.29) is 15.7 Å². The van der Waals surface area contributed by atoms with E-state index in [1.54, 1.807) is 0 Å². The van der Waals surface area contributed by atoms with Crippen LogP contribution in [0.5, 0.6) is 0 Å². The Kier molecular flexibility index (Phi) is 5.56. The molecule has 7 nitrogen and oxygen atoms in total. The van der Waals surface area contributed by atoms with Crippen LogP contribution in [0.2, 0.25) is 0 Å². The highest BCUT2D eigenvalue weighted by Gasteiger charge is 2.19. The van der Waals surface area contributed by atoms with Crippen molar-refractivity contribution >= 4 is 20.0 Å². The number of benzene rings is 1. The first kappa shape index (κ1) is 17.4. The quantitative estimate of drug-likeness (QED) is 0.665. The minimum atomic E-state index is -3.62. The molecule has 124 valence electrons. The molecule has 0 radical (unpaired) electrons. The summed E-state index contributed by atoms with van der Waals surface area (Å²) in [6.07, 6.45) is 2.04. The summed E-state index contributed by atoms with van der Waals surface area (Å²) in [5.74, 6) is 0.285. The lowest BCUT2D eigenvalue weighted by Crippen LogP contribution is -2.38. The van der Waals surface area contributed by atoms with Gasteiger partial charge < -0.3 is 5.32 Å². The van der Waals surface area contributed by atoms with Crippen molar-refractivity contribution in [2.45, 2.75) is 22.6 Å². The fourth-order valence-electron chi connectivity index (χ4n) is 2.32. The molecule has 1 aliphatic rings. The van der Waals surface area contributed by atoms with E-state index >= 15 is 0 Å². The van der Waals surface area contributed by atoms with Crippen LogP contribution in [0.1, 0.15) is 12.8 Å². The normalized spacial score (nSPS) is 20.0. The number of rotatable bonds is 6. The van der Waals surface area contributed by atoms with Crippen molar-refractivity contribution in [3.8, 4) is 0 Å². The monoisotopic (exact) mass is 347 g/mol. The van der Waals surface area contributed by atoms with Crippen LogP contribution < -0.4 is 14.8 Å². The van der Waals surface area contributed by atoms with Crippen LogP contribution in [0.25, 0.3) is 0 Å². The van der Waals surface area contributed by atoms with Gasteiger partial charge in [-0.1, -0.05) is 0 Å². The first-order valence-corrected chi connectivity index (χ1v) is 10.1. The summed E-state index contributed by atoms with van der Waals surface area (Å²) in [6, 6.07) is 5.16. The average molecular weight is 347 g/mol. The predicted molar refractivity (Wildman–Crippen MR) is 83.5 cm³/mol. The van der Waals surface area contributed by atoms with Crippen molar-refractivity contribution in [3.63, 3.8) is 0 Å². The van der Waals surface area contributed by atoms with Crippen molar-refractivity contribution in [3.05, 3.63) is 24.3 Å². The van der Waals surface area contributed by atoms with E-state index < -0.39 is 20.0 Å². The van der Waals surface area contributed by atoms with Crippen LogP contribution >= 0.6 is 0 Å². The molecule has 0 aliphatic carbocycles. The molecular formula is C13H21N3O4S2. The standard InChI is InChI=1S/C13H21N3O4S2/c1-14-21(17,18)12-4-6-13(7-5-12)22(19,20)16-10-11-3-2-8-15-9-11/h4-7,11,14-16H,2-3,8-10H2,1H3. The fraction of sp³-hybridized carbons (Fsp3) is 0.538. The first-order valence-electron chi connectivity index (χ1n) is 7.09. The van der Waals surface area contributed by atoms with Gasteiger partial charge in [-0.2, -0.15) is 0 Å². The molecule has 3 N–H and O–H groups in total. The zero-order valence-electron chi connectivity index (χ0n) is 12.4. The Hall–Kier alpha value is -1.00. The van der Waals surface area contributed by atoms with E-state index in [9.17, 15) is 16.8 Å². The van der Waals surface area contributed by atoms with Crippen LogP contribution in [0.4, 0.5) is 0 Å². The number of piperidine rings is 1. The van der Waals surface area contributed by atoms with Gasteiger partial charge in [0, 0.05) is 6.54 Å². The third-order valence-corrected chi connectivity index (χ3v) is 6.54. The molecule has 1 fully saturated rings. The van der Waals surface area contributed by atoms with E-state index in [4.69, 9.17) is 0 Å². The number of sulfonamides is 2. The molecule has 1 unspecified atom stereocenters. The molecular weight excluding hydrogens is 326 g/mol. The topological polar surface area (TPSA) is 104 Å². The van der Waals surface area contributed by atoms with E-state index in [1.807, 2.05) is 0 Å². The van der Waals surface area contributed by atoms with Gasteiger partial charge in [-0.15, -0.1) is 0 Å². The van der Waals surface area contributed by atoms with Gasteiger partial charge in [0.2, 0.25) is 20.0 Å². The summed E-state index contributed by atoms with van der Waals surface area (Å²) in [7, 11) is -5.88. The smallest absolute Gasteiger partial charge is 0.240 e. The Morgan fingerprint density at radius 3 is 2.18 bits per heavy atom. The molecule has 1 aromatic carbocycles. The molecule has 1 aliphatic heterocycles. The molecule has 0 bridgehead atoms. The molecule has 2 rings (SSSR count). The maximum absolute atomic E-state index is 12.2. The lowest BCUT2D eigenvalue weighted by atomic mass is 10.0. The zero-order chi connectivity index (χ0) is 16.2. The predicted octanol–water partition coefficient (Wildman–Crippen LogP) is -0.127. The lowest BCUT2D eigenvalue weighted by molar-refractivity contribution is 0.376. The van der Waals surface area contributed by atoms with Gasteiger partial charge in [0.05, 0.1) is 9.79 Å². The second-order valence-electron chi connectivity index (χ2n) is 5.24. The Morgan fingerprint density at radius 2 is 1.68 bits per heavy atom. The van der Waals surface area contributed by atoms with Crippen LogP contribution in [0.15, 0.2) is 34.1 Å². The molecule has 9 heteroatoms. The minimum absolute atomic E-state index is 0.0328. The third kappa shape index (κ3) is 4.26. The molecule has 0 saturated carbocycles. The van der Waals surface area contributed by atoms with Crippen molar-refractivity contribution < 1.29 is 16.8 Å². The summed E-state index contributed by atoms with van der Waals surface area (Å²) in [4.78, 5) is 0.0942. The van der Waals surface area contributed by atoms with Gasteiger partial charge >= 0.3 is 0 Å². The Labute approximate surface area is 131 Å². The van der Waals surface area contributed by atoms with Gasteiger partial charge in [-0.05, 0) is 63.2 Å². The molecule has 1 atom stereocenters. The van der Waals surface area contributed by atoms with Crippen LogP contribution in [-0.4, -0.2) is 43.5 Å². The summed E-state index contributed by atoms with van der Waals surface area (Å²) >= 11 is 0. The fourth-order valence-corrected chi connectivity index (χ4v) is 4.17. The highest BCUT2D eigenvalue weighted by Crippen LogP contribution is 2.15. The van der Waals surface area contributed by atoms with Crippen molar-refractivity contribution in [1.29, 1.82) is 0 Å². The number of nitrogens with one attached hydrogen (secondary N) is 3. The zero-order valence-corrected chi connectivity index (χ0v) is 14.0. The first-order chi connectivity index (χ1) is 10.3. The molecule has 1 aromatic rings. The van der Waals surface area contributed by atoms with Gasteiger partial charge in [0.25, 0.3) is 0 Å². The van der Waals surface area contributed by atoms with E-state index in [2.05, 4.69) is 14.8 Å². The van der Waals surface area contributed by atoms with Gasteiger partial charge in [0.15, 0.2) is 0 Å². The summed E-state index contributed by atoms with van der Waals surface area (Å²) in [5, 5.41) is 3.23. The van der Waals surface area contributed by atoms with E-state index in [0.717, 1.165) is 25.9 Å². The Morgan fingerprint density at radius 1 is 1.09 bits per heavy atom. The summed E-state index contributed by atoms with van der Waals surface area (Å²) in [6.45, 7) is 2.17. The van der Waals surface area contributed by atoms with Crippen LogP contribution in [-0.2, 0) is 20.0 Å². The maximum atomic E-state index is 12.2. The largest absolute Gasteiger partial charge is 0.316 e. The van der Waals surface area contributed by atoms with E-state index in [1.165, 1.54) is 31.3 Å². The van der Waals surface area contributed by atoms with Crippen LogP contribution in [0, 0.1) is 5.92 Å². The molecule has 0 amide bonds. The second kappa shape index (κ2) is 7.05. The second-order valence-corrected chi connectivity index (χ2v) is 8.90. The summed E-state index contributed by atoms with van der Waals surface area (Å²) in [5.41, 5.74) is 0. The average Bonchev–Trinajstić information content (AvgIpc) is 2.54. The van der Waals surface area contributed by atoms with Crippen LogP contribution in [0.3, 0.4) is 0 Å². The van der Waals surface area contributed by atoms with Crippen molar-refractivity contribution in [2.75, 3.05) is 26.7 Å². The lowest BCUT2D eigenvalue weighted by Gasteiger charge is -2.22.